The SMILES string of the molecule is COc1ccc(CN(Cc2ccc(OC)cc2)C(=O)CCCCC(O)N(Cc2ccc(OC)cc2)Cc2ccc(OC)cc2)cc1. The third-order valence-electron chi connectivity index (χ3n) is 8.03. The Morgan fingerprint density at radius 2 is 0.870 bits per heavy atom. The van der Waals surface area contributed by atoms with Crippen molar-refractivity contribution in [1.29, 1.82) is 0 Å². The molecule has 4 rings (SSSR count). The Bertz CT molecular complexity index is 1360. The second kappa shape index (κ2) is 17.8. The van der Waals surface area contributed by atoms with Crippen molar-refractivity contribution in [2.75, 3.05) is 28.4 Å². The predicted octanol–water partition coefficient (Wildman–Crippen LogP) is 6.83. The molecule has 0 saturated heterocycles. The van der Waals surface area contributed by atoms with E-state index >= 15 is 0 Å². The highest BCUT2D eigenvalue weighted by atomic mass is 16.5. The van der Waals surface area contributed by atoms with Crippen LogP contribution < -0.4 is 18.9 Å². The molecule has 0 aliphatic rings. The lowest BCUT2D eigenvalue weighted by atomic mass is 10.1. The van der Waals surface area contributed by atoms with Crippen molar-refractivity contribution in [3.05, 3.63) is 119 Å². The molecule has 4 aromatic rings. The maximum Gasteiger partial charge on any atom is 0.223 e. The van der Waals surface area contributed by atoms with Crippen molar-refractivity contribution in [3.63, 3.8) is 0 Å². The lowest BCUT2D eigenvalue weighted by Gasteiger charge is -2.28. The van der Waals surface area contributed by atoms with Crippen molar-refractivity contribution in [2.45, 2.75) is 58.1 Å². The maximum absolute atomic E-state index is 13.5. The second-order valence-electron chi connectivity index (χ2n) is 11.3. The number of aliphatic hydroxyl groups is 1. The van der Waals surface area contributed by atoms with E-state index in [-0.39, 0.29) is 5.91 Å². The van der Waals surface area contributed by atoms with Gasteiger partial charge >= 0.3 is 0 Å². The fraction of sp³-hybridized carbons (Fsp3) is 0.342. The van der Waals surface area contributed by atoms with E-state index in [2.05, 4.69) is 4.90 Å². The van der Waals surface area contributed by atoms with E-state index < -0.39 is 6.23 Å². The number of rotatable bonds is 18. The van der Waals surface area contributed by atoms with Gasteiger partial charge in [0.1, 0.15) is 29.2 Å². The van der Waals surface area contributed by atoms with Crippen molar-refractivity contribution < 1.29 is 28.8 Å². The van der Waals surface area contributed by atoms with Crippen LogP contribution in [-0.2, 0) is 31.0 Å². The van der Waals surface area contributed by atoms with Crippen molar-refractivity contribution in [3.8, 4) is 23.0 Å². The van der Waals surface area contributed by atoms with Gasteiger partial charge in [0, 0.05) is 32.6 Å². The molecule has 4 aromatic carbocycles. The number of carbonyl (C=O) groups excluding carboxylic acids is 1. The molecule has 0 radical (unpaired) electrons. The number of carbonyl (C=O) groups is 1. The largest absolute Gasteiger partial charge is 0.497 e. The van der Waals surface area contributed by atoms with Gasteiger partial charge in [0.05, 0.1) is 28.4 Å². The minimum absolute atomic E-state index is 0.0782. The molecule has 46 heavy (non-hydrogen) atoms. The monoisotopic (exact) mass is 626 g/mol. The highest BCUT2D eigenvalue weighted by molar-refractivity contribution is 5.76. The van der Waals surface area contributed by atoms with Gasteiger partial charge in [-0.05, 0) is 90.0 Å². The molecule has 1 atom stereocenters. The molecule has 0 fully saturated rings. The zero-order chi connectivity index (χ0) is 32.7. The van der Waals surface area contributed by atoms with E-state index in [0.717, 1.165) is 45.3 Å². The van der Waals surface area contributed by atoms with E-state index in [4.69, 9.17) is 18.9 Å². The summed E-state index contributed by atoms with van der Waals surface area (Å²) in [6, 6.07) is 31.4. The zero-order valence-electron chi connectivity index (χ0n) is 27.4. The number of aliphatic hydroxyl groups excluding tert-OH is 1. The quantitative estimate of drug-likeness (QED) is 0.0958. The minimum Gasteiger partial charge on any atom is -0.497 e. The average Bonchev–Trinajstić information content (AvgIpc) is 3.10. The predicted molar refractivity (Wildman–Crippen MR) is 180 cm³/mol. The standard InChI is InChI=1S/C38H46N2O6/c1-43-33-17-9-29(10-18-33)25-39(26-30-11-19-34(44-2)20-12-30)37(41)7-5-6-8-38(42)40(27-31-13-21-35(45-3)22-14-31)28-32-15-23-36(46-4)24-16-32/h9-24,37,41H,5-8,25-28H2,1-4H3. The Hall–Kier alpha value is -4.53. The summed E-state index contributed by atoms with van der Waals surface area (Å²) in [5.74, 6) is 3.23. The number of ether oxygens (including phenoxy) is 4. The number of amides is 1. The third-order valence-corrected chi connectivity index (χ3v) is 8.03. The first-order valence-electron chi connectivity index (χ1n) is 15.6. The molecule has 0 spiro atoms. The van der Waals surface area contributed by atoms with Crippen LogP contribution in [0, 0.1) is 0 Å². The molecule has 0 aliphatic carbocycles. The molecule has 1 N–H and O–H groups in total. The molecule has 8 heteroatoms. The number of unbranched alkanes of at least 4 members (excludes halogenated alkanes) is 1. The molecular formula is C38H46N2O6. The lowest BCUT2D eigenvalue weighted by Crippen LogP contribution is -2.34. The minimum atomic E-state index is -0.672. The van der Waals surface area contributed by atoms with E-state index in [1.165, 1.54) is 0 Å². The topological polar surface area (TPSA) is 80.7 Å². The third kappa shape index (κ3) is 10.5. The maximum atomic E-state index is 13.5. The summed E-state index contributed by atoms with van der Waals surface area (Å²) in [6.45, 7) is 2.14. The highest BCUT2D eigenvalue weighted by Crippen LogP contribution is 2.22. The summed E-state index contributed by atoms with van der Waals surface area (Å²) < 4.78 is 21.2. The molecule has 8 nitrogen and oxygen atoms in total. The van der Waals surface area contributed by atoms with Crippen LogP contribution in [0.15, 0.2) is 97.1 Å². The molecule has 1 amide bonds. The van der Waals surface area contributed by atoms with Crippen molar-refractivity contribution >= 4 is 5.91 Å². The van der Waals surface area contributed by atoms with Crippen molar-refractivity contribution in [1.82, 2.24) is 9.80 Å². The first-order valence-corrected chi connectivity index (χ1v) is 15.6. The summed E-state index contributed by atoms with van der Waals surface area (Å²) in [5.41, 5.74) is 4.23. The Morgan fingerprint density at radius 1 is 0.543 bits per heavy atom. The van der Waals surface area contributed by atoms with E-state index in [1.807, 2.05) is 102 Å². The average molecular weight is 627 g/mol. The van der Waals surface area contributed by atoms with Crippen molar-refractivity contribution in [2.24, 2.45) is 0 Å². The number of hydrogen-bond acceptors (Lipinski definition) is 7. The first kappa shape index (κ1) is 34.3. The summed E-state index contributed by atoms with van der Waals surface area (Å²) in [4.78, 5) is 17.5. The van der Waals surface area contributed by atoms with Gasteiger partial charge in [-0.15, -0.1) is 0 Å². The van der Waals surface area contributed by atoms with Crippen LogP contribution >= 0.6 is 0 Å². The zero-order valence-corrected chi connectivity index (χ0v) is 27.4. The highest BCUT2D eigenvalue weighted by Gasteiger charge is 2.19. The van der Waals surface area contributed by atoms with E-state index in [1.54, 1.807) is 28.4 Å². The van der Waals surface area contributed by atoms with Gasteiger partial charge in [0.15, 0.2) is 0 Å². The summed E-state index contributed by atoms with van der Waals surface area (Å²) >= 11 is 0. The number of nitrogens with zero attached hydrogens (tertiary/aromatic N) is 2. The summed E-state index contributed by atoms with van der Waals surface area (Å²) in [6.07, 6.45) is 1.67. The smallest absolute Gasteiger partial charge is 0.223 e. The van der Waals surface area contributed by atoms with E-state index in [9.17, 15) is 9.90 Å². The van der Waals surface area contributed by atoms with Gasteiger partial charge in [-0.1, -0.05) is 48.5 Å². The molecule has 0 heterocycles. The Balaban J connectivity index is 1.37. The number of methoxy groups -OCH3 is 4. The Morgan fingerprint density at radius 3 is 1.20 bits per heavy atom. The summed E-state index contributed by atoms with van der Waals surface area (Å²) in [7, 11) is 6.58. The van der Waals surface area contributed by atoms with E-state index in [0.29, 0.717) is 51.9 Å². The fourth-order valence-electron chi connectivity index (χ4n) is 5.28. The number of benzene rings is 4. The first-order chi connectivity index (χ1) is 22.4. The van der Waals surface area contributed by atoms with Gasteiger partial charge in [-0.2, -0.15) is 0 Å². The van der Waals surface area contributed by atoms with Crippen LogP contribution in [0.5, 0.6) is 23.0 Å². The molecule has 0 aliphatic heterocycles. The van der Waals surface area contributed by atoms with Gasteiger partial charge in [0.25, 0.3) is 0 Å². The molecular weight excluding hydrogens is 580 g/mol. The van der Waals surface area contributed by atoms with Gasteiger partial charge in [-0.3, -0.25) is 9.69 Å². The summed E-state index contributed by atoms with van der Waals surface area (Å²) in [5, 5.41) is 11.3. The second-order valence-corrected chi connectivity index (χ2v) is 11.3. The lowest BCUT2D eigenvalue weighted by molar-refractivity contribution is -0.132. The number of hydrogen-bond donors (Lipinski definition) is 1. The van der Waals surface area contributed by atoms with Gasteiger partial charge in [0.2, 0.25) is 5.91 Å². The molecule has 244 valence electrons. The fourth-order valence-corrected chi connectivity index (χ4v) is 5.28. The van der Waals surface area contributed by atoms with Gasteiger partial charge < -0.3 is 29.0 Å². The molecule has 0 bridgehead atoms. The normalized spacial score (nSPS) is 11.6. The van der Waals surface area contributed by atoms with Crippen LogP contribution in [0.4, 0.5) is 0 Å². The molecule has 0 saturated carbocycles. The van der Waals surface area contributed by atoms with Crippen LogP contribution in [-0.4, -0.2) is 55.5 Å². The van der Waals surface area contributed by atoms with Crippen LogP contribution in [0.25, 0.3) is 0 Å². The molecule has 1 unspecified atom stereocenters. The van der Waals surface area contributed by atoms with Crippen LogP contribution in [0.2, 0.25) is 0 Å². The molecule has 0 aromatic heterocycles. The Kier molecular flexibility index (Phi) is 13.3. The van der Waals surface area contributed by atoms with Gasteiger partial charge in [-0.25, -0.2) is 0 Å². The van der Waals surface area contributed by atoms with Crippen LogP contribution in [0.3, 0.4) is 0 Å². The Labute approximate surface area is 273 Å². The van der Waals surface area contributed by atoms with Crippen LogP contribution in [0.1, 0.15) is 47.9 Å².